The average molecular weight is 397 g/mol. The summed E-state index contributed by atoms with van der Waals surface area (Å²) in [5.41, 5.74) is 5.40. The number of rotatable bonds is 3. The number of aliphatic hydroxyl groups excluding tert-OH is 1. The van der Waals surface area contributed by atoms with Gasteiger partial charge in [-0.3, -0.25) is 4.79 Å². The van der Waals surface area contributed by atoms with Gasteiger partial charge in [0.2, 0.25) is 0 Å². The molecule has 3 aliphatic rings. The smallest absolute Gasteiger partial charge is 0.149 e. The number of ketones is 1. The molecule has 0 spiro atoms. The Balaban J connectivity index is 1.59. The van der Waals surface area contributed by atoms with E-state index in [2.05, 4.69) is 25.1 Å². The van der Waals surface area contributed by atoms with Crippen molar-refractivity contribution in [1.29, 1.82) is 0 Å². The molecule has 0 radical (unpaired) electrons. The van der Waals surface area contributed by atoms with Crippen LogP contribution in [-0.4, -0.2) is 29.2 Å². The van der Waals surface area contributed by atoms with Crippen molar-refractivity contribution in [3.8, 4) is 11.1 Å². The second kappa shape index (κ2) is 6.69. The number of hydrogen-bond donors (Lipinski definition) is 1. The van der Waals surface area contributed by atoms with Crippen molar-refractivity contribution in [2.45, 2.75) is 57.3 Å². The van der Waals surface area contributed by atoms with Gasteiger partial charge in [0, 0.05) is 10.9 Å². The van der Waals surface area contributed by atoms with Crippen LogP contribution in [0.3, 0.4) is 0 Å². The summed E-state index contributed by atoms with van der Waals surface area (Å²) in [5.74, 6) is -0.444. The lowest BCUT2D eigenvalue weighted by atomic mass is 9.81. The molecule has 1 aliphatic carbocycles. The van der Waals surface area contributed by atoms with Crippen LogP contribution >= 0.6 is 11.6 Å². The van der Waals surface area contributed by atoms with Crippen LogP contribution in [0, 0.1) is 18.8 Å². The Kier molecular flexibility index (Phi) is 4.38. The lowest BCUT2D eigenvalue weighted by Crippen LogP contribution is -2.31. The highest BCUT2D eigenvalue weighted by Gasteiger charge is 2.62. The molecule has 28 heavy (non-hydrogen) atoms. The number of aliphatic hydroxyl groups is 1. The number of benzene rings is 2. The predicted octanol–water partition coefficient (Wildman–Crippen LogP) is 4.70. The Labute approximate surface area is 170 Å². The molecule has 146 valence electrons. The highest BCUT2D eigenvalue weighted by atomic mass is 35.5. The third-order valence-corrected chi connectivity index (χ3v) is 7.30. The van der Waals surface area contributed by atoms with Gasteiger partial charge in [0.1, 0.15) is 5.78 Å². The number of fused-ring (bicyclic) bond motifs is 5. The summed E-state index contributed by atoms with van der Waals surface area (Å²) in [6.07, 6.45) is 2.15. The summed E-state index contributed by atoms with van der Waals surface area (Å²) < 4.78 is 5.95. The fraction of sp³-hybridized carbons (Fsp3) is 0.458. The molecule has 4 heteroatoms. The van der Waals surface area contributed by atoms with Gasteiger partial charge in [-0.25, -0.2) is 0 Å². The molecule has 6 unspecified atom stereocenters. The van der Waals surface area contributed by atoms with Crippen molar-refractivity contribution >= 4 is 17.4 Å². The zero-order valence-corrected chi connectivity index (χ0v) is 16.9. The quantitative estimate of drug-likeness (QED) is 0.818. The number of ether oxygens (including phenoxy) is 1. The number of hydrogen-bond acceptors (Lipinski definition) is 3. The molecule has 3 nitrogen and oxygen atoms in total. The lowest BCUT2D eigenvalue weighted by Gasteiger charge is -2.24. The zero-order valence-electron chi connectivity index (χ0n) is 16.2. The van der Waals surface area contributed by atoms with Crippen LogP contribution in [0.4, 0.5) is 0 Å². The molecule has 2 saturated heterocycles. The zero-order chi connectivity index (χ0) is 19.6. The van der Waals surface area contributed by atoms with E-state index in [0.717, 1.165) is 52.1 Å². The summed E-state index contributed by atoms with van der Waals surface area (Å²) in [5, 5.41) is 11.9. The Morgan fingerprint density at radius 3 is 2.64 bits per heavy atom. The van der Waals surface area contributed by atoms with E-state index in [1.165, 1.54) is 0 Å². The molecule has 1 N–H and O–H groups in total. The third kappa shape index (κ3) is 2.60. The molecule has 1 saturated carbocycles. The first-order valence-electron chi connectivity index (χ1n) is 10.3. The van der Waals surface area contributed by atoms with Crippen molar-refractivity contribution in [1.82, 2.24) is 0 Å². The number of carbonyl (C=O) groups excluding carboxylic acids is 1. The lowest BCUT2D eigenvalue weighted by molar-refractivity contribution is -0.124. The standard InChI is InChI=1S/C24H25ClO3/c1-3-13-4-5-14(16-7-6-15(25)10-12(16)2)11-17(13)20-23(26)21-18-8-9-19(28-18)22(21)24(20)27/h4-7,10-11,18-23,26H,3,8-9H2,1-2H3. The molecule has 0 aromatic heterocycles. The molecule has 2 bridgehead atoms. The minimum Gasteiger partial charge on any atom is -0.392 e. The first kappa shape index (κ1) is 18.4. The maximum atomic E-state index is 13.4. The third-order valence-electron chi connectivity index (χ3n) is 7.06. The van der Waals surface area contributed by atoms with Crippen LogP contribution in [0.25, 0.3) is 11.1 Å². The largest absolute Gasteiger partial charge is 0.392 e. The van der Waals surface area contributed by atoms with Crippen molar-refractivity contribution in [3.05, 3.63) is 58.1 Å². The second-order valence-corrected chi connectivity index (χ2v) is 8.93. The predicted molar refractivity (Wildman–Crippen MR) is 110 cm³/mol. The summed E-state index contributed by atoms with van der Waals surface area (Å²) in [7, 11) is 0. The molecule has 3 fully saturated rings. The molecule has 5 rings (SSSR count). The van der Waals surface area contributed by atoms with Crippen molar-refractivity contribution in [3.63, 3.8) is 0 Å². The molecule has 2 heterocycles. The molecular formula is C24H25ClO3. The highest BCUT2D eigenvalue weighted by molar-refractivity contribution is 6.30. The van der Waals surface area contributed by atoms with E-state index in [9.17, 15) is 9.90 Å². The molecule has 6 atom stereocenters. The summed E-state index contributed by atoms with van der Waals surface area (Å²) in [6, 6.07) is 12.2. The van der Waals surface area contributed by atoms with E-state index in [0.29, 0.717) is 0 Å². The van der Waals surface area contributed by atoms with E-state index >= 15 is 0 Å². The van der Waals surface area contributed by atoms with Crippen molar-refractivity contribution in [2.24, 2.45) is 11.8 Å². The van der Waals surface area contributed by atoms with Crippen LogP contribution in [0.15, 0.2) is 36.4 Å². The summed E-state index contributed by atoms with van der Waals surface area (Å²) >= 11 is 6.12. The van der Waals surface area contributed by atoms with E-state index in [1.807, 2.05) is 25.1 Å². The minimum atomic E-state index is -0.653. The van der Waals surface area contributed by atoms with Gasteiger partial charge in [-0.1, -0.05) is 42.8 Å². The first-order chi connectivity index (χ1) is 13.5. The van der Waals surface area contributed by atoms with Crippen LogP contribution < -0.4 is 0 Å². The SMILES string of the molecule is CCc1ccc(-c2ccc(Cl)cc2C)cc1C1C(=O)C2C3CCC(O3)C2C1O. The second-order valence-electron chi connectivity index (χ2n) is 8.49. The minimum absolute atomic E-state index is 0.00826. The first-order valence-corrected chi connectivity index (χ1v) is 10.6. The number of aryl methyl sites for hydroxylation is 2. The Hall–Kier alpha value is -1.68. The van der Waals surface area contributed by atoms with Gasteiger partial charge in [0.15, 0.2) is 0 Å². The van der Waals surface area contributed by atoms with Crippen LogP contribution in [0.5, 0.6) is 0 Å². The Morgan fingerprint density at radius 2 is 1.93 bits per heavy atom. The van der Waals surface area contributed by atoms with Crippen LogP contribution in [0.2, 0.25) is 5.02 Å². The molecule has 2 aromatic carbocycles. The Morgan fingerprint density at radius 1 is 1.14 bits per heavy atom. The number of carbonyl (C=O) groups is 1. The maximum Gasteiger partial charge on any atom is 0.149 e. The van der Waals surface area contributed by atoms with E-state index < -0.39 is 12.0 Å². The van der Waals surface area contributed by atoms with Crippen molar-refractivity contribution in [2.75, 3.05) is 0 Å². The van der Waals surface area contributed by atoms with Crippen molar-refractivity contribution < 1.29 is 14.6 Å². The average Bonchev–Trinajstić information content (AvgIpc) is 3.35. The molecule has 2 aromatic rings. The van der Waals surface area contributed by atoms with E-state index in [-0.39, 0.29) is 29.8 Å². The monoisotopic (exact) mass is 396 g/mol. The van der Waals surface area contributed by atoms with Gasteiger partial charge in [-0.15, -0.1) is 0 Å². The Bertz CT molecular complexity index is 953. The summed E-state index contributed by atoms with van der Waals surface area (Å²) in [4.78, 5) is 13.4. The normalized spacial score (nSPS) is 33.5. The number of halogens is 1. The van der Waals surface area contributed by atoms with Gasteiger partial charge in [-0.05, 0) is 66.1 Å². The van der Waals surface area contributed by atoms with Crippen LogP contribution in [-0.2, 0) is 16.0 Å². The highest BCUT2D eigenvalue weighted by Crippen LogP contribution is 2.54. The number of Topliss-reactive ketones (excluding diaryl/α,β-unsaturated/α-hetero) is 1. The summed E-state index contributed by atoms with van der Waals surface area (Å²) in [6.45, 7) is 4.15. The fourth-order valence-electron chi connectivity index (χ4n) is 5.78. The van der Waals surface area contributed by atoms with Gasteiger partial charge >= 0.3 is 0 Å². The molecule has 0 amide bonds. The van der Waals surface area contributed by atoms with Gasteiger partial charge in [-0.2, -0.15) is 0 Å². The van der Waals surface area contributed by atoms with Crippen LogP contribution in [0.1, 0.15) is 42.4 Å². The molecule has 2 aliphatic heterocycles. The topological polar surface area (TPSA) is 46.5 Å². The van der Waals surface area contributed by atoms with E-state index in [4.69, 9.17) is 16.3 Å². The fourth-order valence-corrected chi connectivity index (χ4v) is 6.01. The maximum absolute atomic E-state index is 13.4. The van der Waals surface area contributed by atoms with Gasteiger partial charge in [0.25, 0.3) is 0 Å². The molecular weight excluding hydrogens is 372 g/mol. The van der Waals surface area contributed by atoms with Gasteiger partial charge < -0.3 is 9.84 Å². The van der Waals surface area contributed by atoms with Gasteiger partial charge in [0.05, 0.1) is 30.1 Å². The van der Waals surface area contributed by atoms with E-state index in [1.54, 1.807) is 0 Å².